The van der Waals surface area contributed by atoms with Gasteiger partial charge in [-0.15, -0.1) is 0 Å². The summed E-state index contributed by atoms with van der Waals surface area (Å²) in [6.45, 7) is 6.14. The van der Waals surface area contributed by atoms with Crippen molar-refractivity contribution in [1.29, 1.82) is 0 Å². The second-order valence-corrected chi connectivity index (χ2v) is 3.34. The molecule has 0 heterocycles. The zero-order chi connectivity index (χ0) is 8.91. The molecule has 66 valence electrons. The molecular formula is C8H18N2O. The van der Waals surface area contributed by atoms with Gasteiger partial charge in [0.15, 0.2) is 0 Å². The minimum absolute atomic E-state index is 0.0884. The van der Waals surface area contributed by atoms with Gasteiger partial charge in [0, 0.05) is 12.6 Å². The molecule has 2 amide bonds. The van der Waals surface area contributed by atoms with Gasteiger partial charge < -0.3 is 10.6 Å². The summed E-state index contributed by atoms with van der Waals surface area (Å²) in [7, 11) is 1.62. The van der Waals surface area contributed by atoms with E-state index < -0.39 is 0 Å². The van der Waals surface area contributed by atoms with E-state index in [1.54, 1.807) is 7.05 Å². The minimum Gasteiger partial charge on any atom is -0.341 e. The highest BCUT2D eigenvalue weighted by molar-refractivity contribution is 5.74. The van der Waals surface area contributed by atoms with Crippen LogP contribution in [0.1, 0.15) is 33.6 Å². The molecule has 0 atom stereocenters. The van der Waals surface area contributed by atoms with Crippen LogP contribution in [0.3, 0.4) is 0 Å². The predicted octanol–water partition coefficient (Wildman–Crippen LogP) is 1.49. The van der Waals surface area contributed by atoms with Crippen molar-refractivity contribution < 1.29 is 4.79 Å². The van der Waals surface area contributed by atoms with Crippen LogP contribution in [-0.4, -0.2) is 18.6 Å². The van der Waals surface area contributed by atoms with Crippen molar-refractivity contribution in [3.63, 3.8) is 0 Å². The van der Waals surface area contributed by atoms with Gasteiger partial charge in [-0.25, -0.2) is 4.79 Å². The Kier molecular flexibility index (Phi) is 3.93. The molecule has 0 saturated heterocycles. The van der Waals surface area contributed by atoms with Gasteiger partial charge in [0.25, 0.3) is 0 Å². The molecule has 0 aliphatic carbocycles. The lowest BCUT2D eigenvalue weighted by atomic mass is 9.99. The quantitative estimate of drug-likeness (QED) is 0.642. The molecule has 0 aliphatic heterocycles. The highest BCUT2D eigenvalue weighted by atomic mass is 16.2. The smallest absolute Gasteiger partial charge is 0.314 e. The van der Waals surface area contributed by atoms with Gasteiger partial charge in [0.05, 0.1) is 0 Å². The van der Waals surface area contributed by atoms with Crippen molar-refractivity contribution in [2.75, 3.05) is 7.05 Å². The summed E-state index contributed by atoms with van der Waals surface area (Å²) in [4.78, 5) is 10.9. The molecule has 0 saturated carbocycles. The van der Waals surface area contributed by atoms with Crippen LogP contribution >= 0.6 is 0 Å². The Morgan fingerprint density at radius 1 is 1.45 bits per heavy atom. The first-order valence-electron chi connectivity index (χ1n) is 4.01. The maximum absolute atomic E-state index is 10.9. The normalized spacial score (nSPS) is 10.9. The average molecular weight is 158 g/mol. The third-order valence-electron chi connectivity index (χ3n) is 1.55. The second-order valence-electron chi connectivity index (χ2n) is 3.34. The van der Waals surface area contributed by atoms with Crippen LogP contribution in [0, 0.1) is 0 Å². The summed E-state index contributed by atoms with van der Waals surface area (Å²) in [6, 6.07) is -0.108. The Hall–Kier alpha value is -0.730. The maximum atomic E-state index is 10.9. The van der Waals surface area contributed by atoms with Crippen molar-refractivity contribution in [3.05, 3.63) is 0 Å². The molecule has 0 aromatic carbocycles. The fourth-order valence-electron chi connectivity index (χ4n) is 1.06. The Morgan fingerprint density at radius 3 is 2.36 bits per heavy atom. The molecule has 0 spiro atoms. The lowest BCUT2D eigenvalue weighted by molar-refractivity contribution is 0.230. The first-order chi connectivity index (χ1) is 5.02. The van der Waals surface area contributed by atoms with Crippen LogP contribution in [0.5, 0.6) is 0 Å². The first kappa shape index (κ1) is 10.3. The summed E-state index contributed by atoms with van der Waals surface area (Å²) in [5.41, 5.74) is -0.0884. The number of hydrogen-bond donors (Lipinski definition) is 2. The molecule has 0 aliphatic rings. The van der Waals surface area contributed by atoms with Crippen LogP contribution in [0.4, 0.5) is 4.79 Å². The summed E-state index contributed by atoms with van der Waals surface area (Å²) in [5, 5.41) is 5.39. The van der Waals surface area contributed by atoms with Crippen molar-refractivity contribution in [3.8, 4) is 0 Å². The lowest BCUT2D eigenvalue weighted by Crippen LogP contribution is -2.47. The first-order valence-corrected chi connectivity index (χ1v) is 4.01. The second kappa shape index (κ2) is 4.21. The highest BCUT2D eigenvalue weighted by Gasteiger charge is 2.17. The molecule has 0 rings (SSSR count). The molecule has 0 fully saturated rings. The van der Waals surface area contributed by atoms with Crippen LogP contribution in [0.25, 0.3) is 0 Å². The number of urea groups is 1. The number of rotatable bonds is 3. The molecule has 3 nitrogen and oxygen atoms in total. The molecule has 0 radical (unpaired) electrons. The lowest BCUT2D eigenvalue weighted by Gasteiger charge is -2.25. The van der Waals surface area contributed by atoms with E-state index in [-0.39, 0.29) is 11.6 Å². The summed E-state index contributed by atoms with van der Waals surface area (Å²) in [6.07, 6.45) is 2.08. The minimum atomic E-state index is -0.108. The zero-order valence-corrected chi connectivity index (χ0v) is 7.82. The summed E-state index contributed by atoms with van der Waals surface area (Å²) < 4.78 is 0. The fourth-order valence-corrected chi connectivity index (χ4v) is 1.06. The largest absolute Gasteiger partial charge is 0.341 e. The van der Waals surface area contributed by atoms with E-state index in [1.807, 2.05) is 13.8 Å². The topological polar surface area (TPSA) is 41.1 Å². The fraction of sp³-hybridized carbons (Fsp3) is 0.875. The van der Waals surface area contributed by atoms with E-state index in [0.29, 0.717) is 0 Å². The highest BCUT2D eigenvalue weighted by Crippen LogP contribution is 2.09. The third-order valence-corrected chi connectivity index (χ3v) is 1.55. The molecule has 2 N–H and O–H groups in total. The van der Waals surface area contributed by atoms with Gasteiger partial charge in [0.1, 0.15) is 0 Å². The Labute approximate surface area is 68.6 Å². The molecule has 0 bridgehead atoms. The van der Waals surface area contributed by atoms with E-state index >= 15 is 0 Å². The van der Waals surface area contributed by atoms with Crippen LogP contribution in [0.2, 0.25) is 0 Å². The van der Waals surface area contributed by atoms with Crippen molar-refractivity contribution >= 4 is 6.03 Å². The SMILES string of the molecule is CCCC(C)(C)NC(=O)NC. The number of nitrogens with one attached hydrogen (secondary N) is 2. The van der Waals surface area contributed by atoms with Crippen molar-refractivity contribution in [2.24, 2.45) is 0 Å². The number of carbonyl (C=O) groups is 1. The van der Waals surface area contributed by atoms with Crippen LogP contribution in [-0.2, 0) is 0 Å². The molecular weight excluding hydrogens is 140 g/mol. The van der Waals surface area contributed by atoms with Gasteiger partial charge in [-0.05, 0) is 20.3 Å². The molecule has 11 heavy (non-hydrogen) atoms. The van der Waals surface area contributed by atoms with Gasteiger partial charge in [0.2, 0.25) is 0 Å². The van der Waals surface area contributed by atoms with Gasteiger partial charge >= 0.3 is 6.03 Å². The Morgan fingerprint density at radius 2 is 2.00 bits per heavy atom. The molecule has 0 aromatic rings. The summed E-state index contributed by atoms with van der Waals surface area (Å²) >= 11 is 0. The van der Waals surface area contributed by atoms with Crippen LogP contribution in [0.15, 0.2) is 0 Å². The monoisotopic (exact) mass is 158 g/mol. The standard InChI is InChI=1S/C8H18N2O/c1-5-6-8(2,3)10-7(11)9-4/h5-6H2,1-4H3,(H2,9,10,11). The average Bonchev–Trinajstić information content (AvgIpc) is 1.86. The van der Waals surface area contributed by atoms with E-state index in [4.69, 9.17) is 0 Å². The maximum Gasteiger partial charge on any atom is 0.314 e. The van der Waals surface area contributed by atoms with Gasteiger partial charge in [-0.2, -0.15) is 0 Å². The van der Waals surface area contributed by atoms with Crippen molar-refractivity contribution in [2.45, 2.75) is 39.2 Å². The van der Waals surface area contributed by atoms with E-state index in [1.165, 1.54) is 0 Å². The molecule has 0 unspecified atom stereocenters. The number of amides is 2. The predicted molar refractivity (Wildman–Crippen MR) is 46.6 cm³/mol. The third kappa shape index (κ3) is 4.65. The molecule has 0 aromatic heterocycles. The van der Waals surface area contributed by atoms with Crippen LogP contribution < -0.4 is 10.6 Å². The Bertz CT molecular complexity index is 132. The zero-order valence-electron chi connectivity index (χ0n) is 7.82. The van der Waals surface area contributed by atoms with Gasteiger partial charge in [-0.3, -0.25) is 0 Å². The van der Waals surface area contributed by atoms with E-state index in [9.17, 15) is 4.79 Å². The van der Waals surface area contributed by atoms with Gasteiger partial charge in [-0.1, -0.05) is 13.3 Å². The summed E-state index contributed by atoms with van der Waals surface area (Å²) in [5.74, 6) is 0. The van der Waals surface area contributed by atoms with E-state index in [0.717, 1.165) is 12.8 Å². The molecule has 3 heteroatoms. The number of hydrogen-bond acceptors (Lipinski definition) is 1. The number of carbonyl (C=O) groups excluding carboxylic acids is 1. The van der Waals surface area contributed by atoms with E-state index in [2.05, 4.69) is 17.6 Å². The Balaban J connectivity index is 3.80. The van der Waals surface area contributed by atoms with Crippen molar-refractivity contribution in [1.82, 2.24) is 10.6 Å².